The monoisotopic (exact) mass is 274 g/mol. The molecule has 0 aliphatic heterocycles. The van der Waals surface area contributed by atoms with E-state index in [0.717, 1.165) is 50.6 Å². The van der Waals surface area contributed by atoms with Gasteiger partial charge in [0.15, 0.2) is 0 Å². The van der Waals surface area contributed by atoms with Crippen LogP contribution in [-0.2, 0) is 6.54 Å². The zero-order valence-corrected chi connectivity index (χ0v) is 12.9. The summed E-state index contributed by atoms with van der Waals surface area (Å²) in [5, 5.41) is 3.52. The number of nitrogens with one attached hydrogen (secondary N) is 1. The highest BCUT2D eigenvalue weighted by Gasteiger charge is 2.05. The van der Waals surface area contributed by atoms with Crippen molar-refractivity contribution in [1.29, 1.82) is 0 Å². The predicted octanol–water partition coefficient (Wildman–Crippen LogP) is 2.28. The van der Waals surface area contributed by atoms with Gasteiger partial charge in [-0.15, -0.1) is 0 Å². The number of benzene rings is 1. The van der Waals surface area contributed by atoms with Crippen LogP contribution < -0.4 is 5.32 Å². The van der Waals surface area contributed by atoms with Crippen LogP contribution in [0.15, 0.2) is 24.3 Å². The molecule has 0 spiro atoms. The summed E-state index contributed by atoms with van der Waals surface area (Å²) in [7, 11) is 0. The average molecular weight is 274 g/mol. The minimum atomic E-state index is 0.977. The predicted molar refractivity (Wildman–Crippen MR) is 85.1 cm³/mol. The molecule has 0 amide bonds. The third-order valence-corrected chi connectivity index (χ3v) is 3.86. The van der Waals surface area contributed by atoms with Gasteiger partial charge in [0.2, 0.25) is 0 Å². The van der Waals surface area contributed by atoms with Crippen LogP contribution in [0, 0.1) is 6.92 Å². The molecule has 0 bridgehead atoms. The van der Waals surface area contributed by atoms with Crippen molar-refractivity contribution in [3.63, 3.8) is 0 Å². The molecule has 2 aromatic rings. The van der Waals surface area contributed by atoms with E-state index in [4.69, 9.17) is 0 Å². The first kappa shape index (κ1) is 15.0. The van der Waals surface area contributed by atoms with E-state index in [1.807, 2.05) is 6.07 Å². The number of nitrogens with zero attached hydrogens (tertiary/aromatic N) is 3. The zero-order valence-electron chi connectivity index (χ0n) is 12.9. The zero-order chi connectivity index (χ0) is 14.4. The second-order valence-electron chi connectivity index (χ2n) is 5.08. The number of fused-ring (bicyclic) bond motifs is 1. The molecule has 0 unspecified atom stereocenters. The Morgan fingerprint density at radius 3 is 2.65 bits per heavy atom. The fourth-order valence-electron chi connectivity index (χ4n) is 2.57. The number of aryl methyl sites for hydroxylation is 1. The molecule has 4 heteroatoms. The normalized spacial score (nSPS) is 11.6. The molecule has 0 atom stereocenters. The van der Waals surface area contributed by atoms with Crippen molar-refractivity contribution in [3.05, 3.63) is 30.1 Å². The quantitative estimate of drug-likeness (QED) is 0.750. The van der Waals surface area contributed by atoms with Gasteiger partial charge in [-0.25, -0.2) is 4.98 Å². The lowest BCUT2D eigenvalue weighted by molar-refractivity contribution is 0.302. The van der Waals surface area contributed by atoms with E-state index < -0.39 is 0 Å². The van der Waals surface area contributed by atoms with Crippen molar-refractivity contribution in [2.45, 2.75) is 27.3 Å². The lowest BCUT2D eigenvalue weighted by Crippen LogP contribution is -2.33. The molecule has 1 N–H and O–H groups in total. The van der Waals surface area contributed by atoms with E-state index in [1.165, 1.54) is 5.52 Å². The Labute approximate surface area is 121 Å². The minimum absolute atomic E-state index is 0.977. The molecule has 0 aliphatic rings. The van der Waals surface area contributed by atoms with Crippen LogP contribution in [0.1, 0.15) is 19.7 Å². The second kappa shape index (κ2) is 7.41. The maximum atomic E-state index is 4.59. The van der Waals surface area contributed by atoms with Crippen LogP contribution in [-0.4, -0.2) is 47.2 Å². The van der Waals surface area contributed by atoms with Crippen molar-refractivity contribution < 1.29 is 0 Å². The standard InChI is InChI=1S/C16H26N4/c1-4-19(5-2)12-10-17-11-13-20-14(3)18-15-8-6-7-9-16(15)20/h6-9,17H,4-5,10-13H2,1-3H3. The van der Waals surface area contributed by atoms with E-state index in [-0.39, 0.29) is 0 Å². The molecule has 0 saturated heterocycles. The average Bonchev–Trinajstić information content (AvgIpc) is 2.79. The molecule has 0 aliphatic carbocycles. The fourth-order valence-corrected chi connectivity index (χ4v) is 2.57. The first-order valence-corrected chi connectivity index (χ1v) is 7.61. The van der Waals surface area contributed by atoms with Crippen LogP contribution in [0.25, 0.3) is 11.0 Å². The van der Waals surface area contributed by atoms with Gasteiger partial charge in [-0.3, -0.25) is 0 Å². The van der Waals surface area contributed by atoms with Crippen molar-refractivity contribution in [1.82, 2.24) is 19.8 Å². The summed E-state index contributed by atoms with van der Waals surface area (Å²) in [6, 6.07) is 8.34. The highest BCUT2D eigenvalue weighted by atomic mass is 15.1. The molecule has 1 heterocycles. The Balaban J connectivity index is 1.83. The molecule has 20 heavy (non-hydrogen) atoms. The highest BCUT2D eigenvalue weighted by molar-refractivity contribution is 5.75. The lowest BCUT2D eigenvalue weighted by Gasteiger charge is -2.18. The van der Waals surface area contributed by atoms with Gasteiger partial charge in [0, 0.05) is 26.2 Å². The summed E-state index contributed by atoms with van der Waals surface area (Å²) in [6.45, 7) is 12.9. The molecular weight excluding hydrogens is 248 g/mol. The summed E-state index contributed by atoms with van der Waals surface area (Å²) < 4.78 is 2.29. The number of hydrogen-bond acceptors (Lipinski definition) is 3. The summed E-state index contributed by atoms with van der Waals surface area (Å²) in [4.78, 5) is 7.03. The minimum Gasteiger partial charge on any atom is -0.327 e. The number of imidazole rings is 1. The number of aromatic nitrogens is 2. The van der Waals surface area contributed by atoms with Gasteiger partial charge >= 0.3 is 0 Å². The van der Waals surface area contributed by atoms with Crippen molar-refractivity contribution in [2.24, 2.45) is 0 Å². The maximum absolute atomic E-state index is 4.59. The van der Waals surface area contributed by atoms with E-state index in [0.29, 0.717) is 0 Å². The van der Waals surface area contributed by atoms with Gasteiger partial charge in [0.25, 0.3) is 0 Å². The van der Waals surface area contributed by atoms with Gasteiger partial charge in [0.05, 0.1) is 11.0 Å². The van der Waals surface area contributed by atoms with Crippen LogP contribution >= 0.6 is 0 Å². The Morgan fingerprint density at radius 1 is 1.15 bits per heavy atom. The lowest BCUT2D eigenvalue weighted by atomic mass is 10.3. The number of para-hydroxylation sites is 2. The van der Waals surface area contributed by atoms with Gasteiger partial charge < -0.3 is 14.8 Å². The molecule has 1 aromatic carbocycles. The van der Waals surface area contributed by atoms with Crippen molar-refractivity contribution in [3.8, 4) is 0 Å². The Bertz CT molecular complexity index is 528. The maximum Gasteiger partial charge on any atom is 0.106 e. The topological polar surface area (TPSA) is 33.1 Å². The number of rotatable bonds is 8. The van der Waals surface area contributed by atoms with Crippen LogP contribution in [0.5, 0.6) is 0 Å². The molecule has 0 fully saturated rings. The molecule has 0 radical (unpaired) electrons. The van der Waals surface area contributed by atoms with Crippen LogP contribution in [0.2, 0.25) is 0 Å². The summed E-state index contributed by atoms with van der Waals surface area (Å²) in [5.41, 5.74) is 2.32. The summed E-state index contributed by atoms with van der Waals surface area (Å²) in [6.07, 6.45) is 0. The smallest absolute Gasteiger partial charge is 0.106 e. The fraction of sp³-hybridized carbons (Fsp3) is 0.562. The van der Waals surface area contributed by atoms with Crippen molar-refractivity contribution in [2.75, 3.05) is 32.7 Å². The van der Waals surface area contributed by atoms with Gasteiger partial charge in [-0.1, -0.05) is 26.0 Å². The third kappa shape index (κ3) is 3.58. The summed E-state index contributed by atoms with van der Waals surface area (Å²) in [5.74, 6) is 1.09. The Kier molecular flexibility index (Phi) is 5.56. The van der Waals surface area contributed by atoms with E-state index in [9.17, 15) is 0 Å². The third-order valence-electron chi connectivity index (χ3n) is 3.86. The Hall–Kier alpha value is -1.39. The van der Waals surface area contributed by atoms with Crippen molar-refractivity contribution >= 4 is 11.0 Å². The second-order valence-corrected chi connectivity index (χ2v) is 5.08. The SMILES string of the molecule is CCN(CC)CCNCCn1c(C)nc2ccccc21. The Morgan fingerprint density at radius 2 is 1.90 bits per heavy atom. The molecule has 2 rings (SSSR count). The first-order valence-electron chi connectivity index (χ1n) is 7.61. The number of likely N-dealkylation sites (N-methyl/N-ethyl adjacent to an activating group) is 1. The van der Waals surface area contributed by atoms with Gasteiger partial charge in [-0.2, -0.15) is 0 Å². The van der Waals surface area contributed by atoms with Crippen LogP contribution in [0.4, 0.5) is 0 Å². The summed E-state index contributed by atoms with van der Waals surface area (Å²) >= 11 is 0. The molecule has 1 aromatic heterocycles. The molecule has 4 nitrogen and oxygen atoms in total. The number of hydrogen-bond donors (Lipinski definition) is 1. The molecule has 110 valence electrons. The van der Waals surface area contributed by atoms with E-state index in [1.54, 1.807) is 0 Å². The highest BCUT2D eigenvalue weighted by Crippen LogP contribution is 2.14. The molecular formula is C16H26N4. The largest absolute Gasteiger partial charge is 0.327 e. The van der Waals surface area contributed by atoms with Gasteiger partial charge in [-0.05, 0) is 32.1 Å². The molecule has 0 saturated carbocycles. The van der Waals surface area contributed by atoms with E-state index >= 15 is 0 Å². The van der Waals surface area contributed by atoms with E-state index in [2.05, 4.69) is 58.7 Å². The van der Waals surface area contributed by atoms with Gasteiger partial charge in [0.1, 0.15) is 5.82 Å². The first-order chi connectivity index (χ1) is 9.76. The van der Waals surface area contributed by atoms with Crippen LogP contribution in [0.3, 0.4) is 0 Å².